The zero-order chi connectivity index (χ0) is 23.2. The van der Waals surface area contributed by atoms with E-state index in [-0.39, 0.29) is 23.7 Å². The number of ether oxygens (including phenoxy) is 2. The van der Waals surface area contributed by atoms with Crippen molar-refractivity contribution in [2.45, 2.75) is 63.1 Å². The molecule has 2 N–H and O–H groups in total. The van der Waals surface area contributed by atoms with Crippen molar-refractivity contribution < 1.29 is 14.3 Å². The molecule has 8 heteroatoms. The molecule has 8 nitrogen and oxygen atoms in total. The van der Waals surface area contributed by atoms with Gasteiger partial charge in [-0.3, -0.25) is 14.8 Å². The van der Waals surface area contributed by atoms with Crippen LogP contribution in [0, 0.1) is 6.92 Å². The summed E-state index contributed by atoms with van der Waals surface area (Å²) >= 11 is 0. The Bertz CT molecular complexity index is 1240. The highest BCUT2D eigenvalue weighted by molar-refractivity contribution is 5.94. The standard InChI is InChI=1S/C26H29N5O3/c1-17-2-4-20-23(29-17)18(7-13-27-20)6-8-26-11-9-25(10-12-26,16-34-26)28-14-19-3-5-21-24(30-19)31-22(32)15-33-21/h2-5,7,13,28H,6,8-12,14-16H2,1H3,(H,30,31,32). The van der Waals surface area contributed by atoms with Crippen molar-refractivity contribution >= 4 is 22.8 Å². The smallest absolute Gasteiger partial charge is 0.263 e. The highest BCUT2D eigenvalue weighted by atomic mass is 16.5. The van der Waals surface area contributed by atoms with Gasteiger partial charge in [0.1, 0.15) is 0 Å². The third-order valence-corrected chi connectivity index (χ3v) is 7.61. The largest absolute Gasteiger partial charge is 0.480 e. The minimum absolute atomic E-state index is 0.0128. The Hall–Kier alpha value is -3.10. The summed E-state index contributed by atoms with van der Waals surface area (Å²) in [6.45, 7) is 3.41. The molecule has 2 saturated heterocycles. The van der Waals surface area contributed by atoms with Crippen LogP contribution in [0.4, 0.5) is 5.82 Å². The Morgan fingerprint density at radius 2 is 1.97 bits per heavy atom. The Morgan fingerprint density at radius 1 is 1.09 bits per heavy atom. The van der Waals surface area contributed by atoms with E-state index in [0.717, 1.165) is 60.9 Å². The molecule has 1 amide bonds. The van der Waals surface area contributed by atoms with E-state index in [1.807, 2.05) is 31.3 Å². The summed E-state index contributed by atoms with van der Waals surface area (Å²) in [4.78, 5) is 25.4. The van der Waals surface area contributed by atoms with Gasteiger partial charge in [0.25, 0.3) is 5.91 Å². The first-order valence-corrected chi connectivity index (χ1v) is 12.0. The zero-order valence-electron chi connectivity index (χ0n) is 19.4. The van der Waals surface area contributed by atoms with Gasteiger partial charge < -0.3 is 20.1 Å². The van der Waals surface area contributed by atoms with Crippen LogP contribution in [0.25, 0.3) is 11.0 Å². The molecule has 6 heterocycles. The van der Waals surface area contributed by atoms with Crippen LogP contribution in [-0.2, 0) is 22.5 Å². The minimum atomic E-state index is -0.168. The van der Waals surface area contributed by atoms with E-state index in [1.165, 1.54) is 5.56 Å². The van der Waals surface area contributed by atoms with Gasteiger partial charge in [-0.1, -0.05) is 0 Å². The maximum Gasteiger partial charge on any atom is 0.263 e. The highest BCUT2D eigenvalue weighted by Crippen LogP contribution is 2.46. The quantitative estimate of drug-likeness (QED) is 0.582. The second-order valence-corrected chi connectivity index (χ2v) is 9.88. The number of hydrogen-bond acceptors (Lipinski definition) is 7. The molecular formula is C26H29N5O3. The molecule has 3 aliphatic heterocycles. The fourth-order valence-corrected chi connectivity index (χ4v) is 5.44. The number of aromatic nitrogens is 3. The number of aryl methyl sites for hydroxylation is 2. The zero-order valence-corrected chi connectivity index (χ0v) is 19.4. The van der Waals surface area contributed by atoms with Gasteiger partial charge in [-0.05, 0) is 81.3 Å². The molecule has 4 aliphatic rings. The Labute approximate surface area is 198 Å². The molecule has 1 saturated carbocycles. The van der Waals surface area contributed by atoms with E-state index in [9.17, 15) is 4.79 Å². The number of anilines is 1. The van der Waals surface area contributed by atoms with Crippen molar-refractivity contribution in [2.24, 2.45) is 0 Å². The van der Waals surface area contributed by atoms with Gasteiger partial charge in [-0.15, -0.1) is 0 Å². The average molecular weight is 460 g/mol. The summed E-state index contributed by atoms with van der Waals surface area (Å²) in [5.41, 5.74) is 5.07. The maximum atomic E-state index is 11.6. The summed E-state index contributed by atoms with van der Waals surface area (Å²) in [7, 11) is 0. The summed E-state index contributed by atoms with van der Waals surface area (Å²) in [6, 6.07) is 9.99. The van der Waals surface area contributed by atoms with Crippen molar-refractivity contribution in [1.82, 2.24) is 20.3 Å². The normalized spacial score (nSPS) is 25.6. The highest BCUT2D eigenvalue weighted by Gasteiger charge is 2.49. The first-order chi connectivity index (χ1) is 16.5. The van der Waals surface area contributed by atoms with Crippen molar-refractivity contribution in [3.63, 3.8) is 0 Å². The fourth-order valence-electron chi connectivity index (χ4n) is 5.44. The van der Waals surface area contributed by atoms with Crippen molar-refractivity contribution in [2.75, 3.05) is 18.5 Å². The lowest BCUT2D eigenvalue weighted by Gasteiger charge is -2.53. The second-order valence-electron chi connectivity index (χ2n) is 9.88. The van der Waals surface area contributed by atoms with Crippen LogP contribution in [0.5, 0.6) is 5.75 Å². The molecule has 0 spiro atoms. The molecule has 3 aromatic heterocycles. The van der Waals surface area contributed by atoms with E-state index in [0.29, 0.717) is 24.7 Å². The number of fused-ring (bicyclic) bond motifs is 5. The number of hydrogen-bond donors (Lipinski definition) is 2. The monoisotopic (exact) mass is 459 g/mol. The molecule has 0 radical (unpaired) electrons. The minimum Gasteiger partial charge on any atom is -0.480 e. The van der Waals surface area contributed by atoms with Crippen LogP contribution >= 0.6 is 0 Å². The molecule has 176 valence electrons. The van der Waals surface area contributed by atoms with E-state index < -0.39 is 0 Å². The molecule has 7 rings (SSSR count). The van der Waals surface area contributed by atoms with Crippen LogP contribution in [-0.4, -0.2) is 45.2 Å². The van der Waals surface area contributed by atoms with Gasteiger partial charge in [-0.2, -0.15) is 0 Å². The number of nitrogens with zero attached hydrogens (tertiary/aromatic N) is 3. The van der Waals surface area contributed by atoms with Crippen LogP contribution in [0.15, 0.2) is 36.5 Å². The molecule has 3 fully saturated rings. The summed E-state index contributed by atoms with van der Waals surface area (Å²) in [6.07, 6.45) is 8.12. The lowest BCUT2D eigenvalue weighted by molar-refractivity contribution is -0.165. The first kappa shape index (κ1) is 21.4. The summed E-state index contributed by atoms with van der Waals surface area (Å²) < 4.78 is 11.9. The van der Waals surface area contributed by atoms with E-state index in [4.69, 9.17) is 14.5 Å². The topological polar surface area (TPSA) is 98.3 Å². The van der Waals surface area contributed by atoms with Gasteiger partial charge in [0.15, 0.2) is 18.2 Å². The fraction of sp³-hybridized carbons (Fsp3) is 0.462. The number of nitrogens with one attached hydrogen (secondary N) is 2. The molecule has 34 heavy (non-hydrogen) atoms. The molecular weight excluding hydrogens is 430 g/mol. The van der Waals surface area contributed by atoms with Crippen LogP contribution in [0.1, 0.15) is 49.1 Å². The molecule has 0 aromatic carbocycles. The van der Waals surface area contributed by atoms with Crippen LogP contribution in [0.3, 0.4) is 0 Å². The van der Waals surface area contributed by atoms with Crippen molar-refractivity contribution in [1.29, 1.82) is 0 Å². The number of pyridine rings is 3. The number of carbonyl (C=O) groups excluding carboxylic acids is 1. The summed E-state index contributed by atoms with van der Waals surface area (Å²) in [5, 5.41) is 6.50. The van der Waals surface area contributed by atoms with Gasteiger partial charge in [-0.25, -0.2) is 4.98 Å². The van der Waals surface area contributed by atoms with Crippen molar-refractivity contribution in [3.8, 4) is 5.75 Å². The third-order valence-electron chi connectivity index (χ3n) is 7.61. The molecule has 1 aliphatic carbocycles. The molecule has 3 aromatic rings. The Morgan fingerprint density at radius 3 is 2.79 bits per heavy atom. The van der Waals surface area contributed by atoms with Gasteiger partial charge in [0, 0.05) is 24.0 Å². The van der Waals surface area contributed by atoms with Crippen LogP contribution in [0.2, 0.25) is 0 Å². The predicted molar refractivity (Wildman–Crippen MR) is 128 cm³/mol. The van der Waals surface area contributed by atoms with Crippen LogP contribution < -0.4 is 15.4 Å². The molecule has 2 bridgehead atoms. The number of rotatable bonds is 6. The lowest BCUT2D eigenvalue weighted by atomic mass is 9.69. The first-order valence-electron chi connectivity index (χ1n) is 12.0. The Kier molecular flexibility index (Phi) is 5.22. The van der Waals surface area contributed by atoms with Crippen molar-refractivity contribution in [3.05, 3.63) is 53.5 Å². The maximum absolute atomic E-state index is 11.6. The molecule has 0 unspecified atom stereocenters. The summed E-state index contributed by atoms with van der Waals surface area (Å²) in [5.74, 6) is 0.958. The number of amides is 1. The third kappa shape index (κ3) is 4.01. The number of carbonyl (C=O) groups is 1. The van der Waals surface area contributed by atoms with Gasteiger partial charge in [0.05, 0.1) is 28.9 Å². The molecule has 0 atom stereocenters. The lowest BCUT2D eigenvalue weighted by Crippen LogP contribution is -2.61. The average Bonchev–Trinajstić information content (AvgIpc) is 2.87. The van der Waals surface area contributed by atoms with Gasteiger partial charge >= 0.3 is 0 Å². The predicted octanol–water partition coefficient (Wildman–Crippen LogP) is 3.47. The van der Waals surface area contributed by atoms with Gasteiger partial charge in [0.2, 0.25) is 0 Å². The Balaban J connectivity index is 1.08. The second kappa shape index (κ2) is 8.29. The van der Waals surface area contributed by atoms with E-state index in [2.05, 4.69) is 32.7 Å². The van der Waals surface area contributed by atoms with E-state index >= 15 is 0 Å². The van der Waals surface area contributed by atoms with E-state index in [1.54, 1.807) is 0 Å². The SMILES string of the molecule is Cc1ccc2nccc(CCC34CCC(NCc5ccc6c(n5)NC(=O)CO6)(CC3)CO4)c2n1.